The lowest BCUT2D eigenvalue weighted by Gasteiger charge is -2.28. The van der Waals surface area contributed by atoms with E-state index in [1.54, 1.807) is 0 Å². The predicted molar refractivity (Wildman–Crippen MR) is 59.9 cm³/mol. The highest BCUT2D eigenvalue weighted by Gasteiger charge is 2.35. The van der Waals surface area contributed by atoms with Crippen LogP contribution in [-0.4, -0.2) is 72.3 Å². The van der Waals surface area contributed by atoms with Gasteiger partial charge < -0.3 is 19.6 Å². The maximum atomic E-state index is 12.3. The molecular formula is C10H15F3N2O5. The largest absolute Gasteiger partial charge is 0.480 e. The fourth-order valence-electron chi connectivity index (χ4n) is 1.31. The number of hydrogen-bond acceptors (Lipinski definition) is 4. The zero-order chi connectivity index (χ0) is 15.9. The Morgan fingerprint density at radius 1 is 1.15 bits per heavy atom. The minimum Gasteiger partial charge on any atom is -0.480 e. The fourth-order valence-corrected chi connectivity index (χ4v) is 1.31. The van der Waals surface area contributed by atoms with E-state index in [0.717, 1.165) is 12.0 Å². The number of alkyl halides is 3. The molecule has 7 nitrogen and oxygen atoms in total. The summed E-state index contributed by atoms with van der Waals surface area (Å²) in [7, 11) is 1.06. The number of halogens is 3. The number of carbonyl (C=O) groups is 3. The Kier molecular flexibility index (Phi) is 6.80. The van der Waals surface area contributed by atoms with Crippen molar-refractivity contribution in [2.24, 2.45) is 0 Å². The molecule has 0 aromatic carbocycles. The zero-order valence-electron chi connectivity index (χ0n) is 10.9. The van der Waals surface area contributed by atoms with Crippen LogP contribution >= 0.6 is 0 Å². The molecule has 0 aromatic heterocycles. The summed E-state index contributed by atoms with van der Waals surface area (Å²) >= 11 is 0. The Labute approximate surface area is 112 Å². The summed E-state index contributed by atoms with van der Waals surface area (Å²) < 4.78 is 41.3. The maximum Gasteiger partial charge on any atom is 0.406 e. The quantitative estimate of drug-likeness (QED) is 0.724. The SMILES string of the molecule is CCN(CC(=O)OC)C(=O)N(CC(=O)O)CC(F)(F)F. The van der Waals surface area contributed by atoms with E-state index in [1.165, 1.54) is 6.92 Å². The van der Waals surface area contributed by atoms with Gasteiger partial charge in [-0.3, -0.25) is 9.59 Å². The van der Waals surface area contributed by atoms with E-state index in [9.17, 15) is 27.6 Å². The number of carboxylic acids is 1. The molecule has 0 unspecified atom stereocenters. The van der Waals surface area contributed by atoms with Crippen LogP contribution in [0.1, 0.15) is 6.92 Å². The second-order valence-corrected chi connectivity index (χ2v) is 3.74. The summed E-state index contributed by atoms with van der Waals surface area (Å²) in [5.41, 5.74) is 0. The molecule has 0 fully saturated rings. The second-order valence-electron chi connectivity index (χ2n) is 3.74. The van der Waals surface area contributed by atoms with Crippen molar-refractivity contribution in [2.75, 3.05) is 33.3 Å². The first-order valence-electron chi connectivity index (χ1n) is 5.50. The minimum absolute atomic E-state index is 0.0676. The van der Waals surface area contributed by atoms with Crippen molar-refractivity contribution >= 4 is 18.0 Å². The number of carboxylic acid groups (broad SMARTS) is 1. The third-order valence-electron chi connectivity index (χ3n) is 2.17. The molecule has 0 rings (SSSR count). The molecule has 0 radical (unpaired) electrons. The standard InChI is InChI=1S/C10H15F3N2O5/c1-3-14(5-8(18)20-2)9(19)15(4-7(16)17)6-10(11,12)13/h3-6H2,1-2H3,(H,16,17). The summed E-state index contributed by atoms with van der Waals surface area (Å²) in [6.07, 6.45) is -4.74. The predicted octanol–water partition coefficient (Wildman–Crippen LogP) is 0.550. The molecule has 0 spiro atoms. The molecule has 116 valence electrons. The Hall–Kier alpha value is -2.00. The van der Waals surface area contributed by atoms with Crippen LogP contribution in [0, 0.1) is 0 Å². The molecule has 20 heavy (non-hydrogen) atoms. The van der Waals surface area contributed by atoms with E-state index in [4.69, 9.17) is 5.11 Å². The zero-order valence-corrected chi connectivity index (χ0v) is 10.9. The molecule has 2 amide bonds. The van der Waals surface area contributed by atoms with Crippen molar-refractivity contribution in [1.82, 2.24) is 9.80 Å². The Morgan fingerprint density at radius 3 is 2.05 bits per heavy atom. The first-order valence-corrected chi connectivity index (χ1v) is 5.50. The van der Waals surface area contributed by atoms with Gasteiger partial charge in [0.15, 0.2) is 0 Å². The van der Waals surface area contributed by atoms with Gasteiger partial charge in [0.25, 0.3) is 0 Å². The van der Waals surface area contributed by atoms with Gasteiger partial charge in [-0.2, -0.15) is 13.2 Å². The molecule has 0 aliphatic heterocycles. The minimum atomic E-state index is -4.74. The van der Waals surface area contributed by atoms with Gasteiger partial charge >= 0.3 is 24.1 Å². The molecule has 0 aromatic rings. The molecule has 0 heterocycles. The Balaban J connectivity index is 4.97. The lowest BCUT2D eigenvalue weighted by Crippen LogP contribution is -2.50. The number of ether oxygens (including phenoxy) is 1. The Morgan fingerprint density at radius 2 is 1.70 bits per heavy atom. The van der Waals surface area contributed by atoms with E-state index in [0.29, 0.717) is 0 Å². The molecule has 0 bridgehead atoms. The highest BCUT2D eigenvalue weighted by molar-refractivity contribution is 5.83. The van der Waals surface area contributed by atoms with E-state index < -0.39 is 43.8 Å². The van der Waals surface area contributed by atoms with Crippen LogP contribution in [0.4, 0.5) is 18.0 Å². The molecule has 0 aliphatic rings. The monoisotopic (exact) mass is 300 g/mol. The summed E-state index contributed by atoms with van der Waals surface area (Å²) in [6.45, 7) is -2.01. The normalized spacial score (nSPS) is 10.8. The van der Waals surface area contributed by atoms with Crippen molar-refractivity contribution in [3.8, 4) is 0 Å². The summed E-state index contributed by atoms with van der Waals surface area (Å²) in [5, 5.41) is 8.54. The first kappa shape index (κ1) is 18.0. The highest BCUT2D eigenvalue weighted by Crippen LogP contribution is 2.17. The number of carbonyl (C=O) groups excluding carboxylic acids is 2. The lowest BCUT2D eigenvalue weighted by molar-refractivity contribution is -0.150. The van der Waals surface area contributed by atoms with Gasteiger partial charge in [-0.05, 0) is 6.92 Å². The molecule has 1 N–H and O–H groups in total. The number of nitrogens with zero attached hydrogens (tertiary/aromatic N) is 2. The lowest BCUT2D eigenvalue weighted by atomic mass is 10.4. The molecule has 0 saturated heterocycles. The molecular weight excluding hydrogens is 285 g/mol. The smallest absolute Gasteiger partial charge is 0.406 e. The van der Waals surface area contributed by atoms with Crippen LogP contribution < -0.4 is 0 Å². The van der Waals surface area contributed by atoms with Crippen molar-refractivity contribution < 1.29 is 37.4 Å². The summed E-state index contributed by atoms with van der Waals surface area (Å²) in [6, 6.07) is -1.20. The number of methoxy groups -OCH3 is 1. The summed E-state index contributed by atoms with van der Waals surface area (Å²) in [5.74, 6) is -2.40. The Bertz CT molecular complexity index is 372. The maximum absolute atomic E-state index is 12.3. The van der Waals surface area contributed by atoms with Crippen molar-refractivity contribution in [1.29, 1.82) is 0 Å². The van der Waals surface area contributed by atoms with E-state index in [1.807, 2.05) is 0 Å². The van der Waals surface area contributed by atoms with Gasteiger partial charge in [-0.25, -0.2) is 4.79 Å². The third-order valence-corrected chi connectivity index (χ3v) is 2.17. The molecule has 0 atom stereocenters. The third kappa shape index (κ3) is 6.81. The topological polar surface area (TPSA) is 87.2 Å². The van der Waals surface area contributed by atoms with Crippen LogP contribution in [0.2, 0.25) is 0 Å². The summed E-state index contributed by atoms with van der Waals surface area (Å²) in [4.78, 5) is 34.3. The fraction of sp³-hybridized carbons (Fsp3) is 0.700. The van der Waals surface area contributed by atoms with Gasteiger partial charge in [-0.1, -0.05) is 0 Å². The van der Waals surface area contributed by atoms with Gasteiger partial charge in [-0.15, -0.1) is 0 Å². The molecule has 0 saturated carbocycles. The van der Waals surface area contributed by atoms with Crippen LogP contribution in [-0.2, 0) is 14.3 Å². The van der Waals surface area contributed by atoms with E-state index in [2.05, 4.69) is 4.74 Å². The average Bonchev–Trinajstić information content (AvgIpc) is 2.31. The number of hydrogen-bond donors (Lipinski definition) is 1. The average molecular weight is 300 g/mol. The van der Waals surface area contributed by atoms with Gasteiger partial charge in [0.05, 0.1) is 7.11 Å². The van der Waals surface area contributed by atoms with Crippen molar-refractivity contribution in [2.45, 2.75) is 13.1 Å². The van der Waals surface area contributed by atoms with Crippen LogP contribution in [0.25, 0.3) is 0 Å². The van der Waals surface area contributed by atoms with E-state index in [-0.39, 0.29) is 11.4 Å². The van der Waals surface area contributed by atoms with Crippen LogP contribution in [0.3, 0.4) is 0 Å². The molecule has 10 heteroatoms. The van der Waals surface area contributed by atoms with Crippen LogP contribution in [0.15, 0.2) is 0 Å². The number of rotatable bonds is 6. The van der Waals surface area contributed by atoms with Gasteiger partial charge in [0.1, 0.15) is 19.6 Å². The number of urea groups is 1. The highest BCUT2D eigenvalue weighted by atomic mass is 19.4. The number of aliphatic carboxylic acids is 1. The number of esters is 1. The van der Waals surface area contributed by atoms with Gasteiger partial charge in [0, 0.05) is 6.54 Å². The number of amides is 2. The van der Waals surface area contributed by atoms with Crippen molar-refractivity contribution in [3.63, 3.8) is 0 Å². The van der Waals surface area contributed by atoms with Crippen LogP contribution in [0.5, 0.6) is 0 Å². The van der Waals surface area contributed by atoms with Crippen molar-refractivity contribution in [3.05, 3.63) is 0 Å². The second kappa shape index (κ2) is 7.56. The molecule has 0 aliphatic carbocycles. The number of likely N-dealkylation sites (N-methyl/N-ethyl adjacent to an activating group) is 1. The first-order chi connectivity index (χ1) is 9.10. The van der Waals surface area contributed by atoms with E-state index >= 15 is 0 Å². The van der Waals surface area contributed by atoms with Gasteiger partial charge in [0.2, 0.25) is 0 Å².